The van der Waals surface area contributed by atoms with Crippen molar-refractivity contribution >= 4 is 22.6 Å². The highest BCUT2D eigenvalue weighted by Crippen LogP contribution is 2.40. The number of aromatic nitrogens is 1. The first-order valence-corrected chi connectivity index (χ1v) is 15.5. The fraction of sp³-hybridized carbons (Fsp3) is 0.515. The van der Waals surface area contributed by atoms with E-state index in [1.54, 1.807) is 17.2 Å². The third kappa shape index (κ3) is 6.54. The molecule has 0 bridgehead atoms. The number of aromatic amines is 1. The number of alkyl halides is 6. The molecule has 5 rings (SSSR count). The summed E-state index contributed by atoms with van der Waals surface area (Å²) in [6, 6.07) is 7.56. The van der Waals surface area contributed by atoms with Gasteiger partial charge in [-0.25, -0.2) is 0 Å². The Bertz CT molecular complexity index is 1520. The van der Waals surface area contributed by atoms with Gasteiger partial charge in [0.2, 0.25) is 0 Å². The number of rotatable bonds is 8. The molecule has 2 unspecified atom stereocenters. The summed E-state index contributed by atoms with van der Waals surface area (Å²) in [6.07, 6.45) is -3.70. The Morgan fingerprint density at radius 3 is 2.09 bits per heavy atom. The summed E-state index contributed by atoms with van der Waals surface area (Å²) in [7, 11) is 1.27. The molecule has 3 N–H and O–H groups in total. The van der Waals surface area contributed by atoms with Crippen LogP contribution in [0.3, 0.4) is 0 Å². The number of halogens is 6. The number of para-hydroxylation sites is 1. The number of H-pyrrole nitrogens is 1. The number of hydrogen-bond acceptors (Lipinski definition) is 5. The van der Waals surface area contributed by atoms with E-state index in [4.69, 9.17) is 5.73 Å². The predicted octanol–water partition coefficient (Wildman–Crippen LogP) is 6.14. The number of likely N-dealkylation sites (N-methyl/N-ethyl adjacent to an activating group) is 1. The van der Waals surface area contributed by atoms with Crippen LogP contribution >= 0.6 is 0 Å². The largest absolute Gasteiger partial charge is 0.416 e. The van der Waals surface area contributed by atoms with E-state index in [1.165, 1.54) is 20.4 Å². The van der Waals surface area contributed by atoms with E-state index in [-0.39, 0.29) is 17.7 Å². The second-order valence-corrected chi connectivity index (χ2v) is 12.5. The van der Waals surface area contributed by atoms with Crippen molar-refractivity contribution in [3.63, 3.8) is 0 Å². The molecule has 2 fully saturated rings. The van der Waals surface area contributed by atoms with Crippen molar-refractivity contribution in [3.8, 4) is 0 Å². The quantitative estimate of drug-likeness (QED) is 0.226. The number of likely N-dealkylation sites (tertiary alicyclic amines) is 2. The molecule has 1 aromatic heterocycles. The summed E-state index contributed by atoms with van der Waals surface area (Å²) in [6.45, 7) is 3.34. The lowest BCUT2D eigenvalue weighted by Crippen LogP contribution is -2.69. The van der Waals surface area contributed by atoms with E-state index in [9.17, 15) is 35.9 Å². The van der Waals surface area contributed by atoms with Crippen LogP contribution in [-0.4, -0.2) is 76.2 Å². The molecule has 7 nitrogen and oxygen atoms in total. The van der Waals surface area contributed by atoms with E-state index in [1.807, 2.05) is 18.2 Å². The predicted molar refractivity (Wildman–Crippen MR) is 162 cm³/mol. The molecule has 0 spiro atoms. The Kier molecular flexibility index (Phi) is 9.59. The molecule has 0 aliphatic carbocycles. The number of nitrogens with zero attached hydrogens (tertiary/aromatic N) is 3. The number of hydrogen-bond donors (Lipinski definition) is 2. The van der Waals surface area contributed by atoms with Crippen molar-refractivity contribution in [1.82, 2.24) is 19.7 Å². The minimum absolute atomic E-state index is 0.0462. The van der Waals surface area contributed by atoms with E-state index in [0.29, 0.717) is 49.0 Å². The lowest BCUT2D eigenvalue weighted by atomic mass is 9.78. The minimum atomic E-state index is -5.04. The van der Waals surface area contributed by atoms with Crippen LogP contribution in [0.1, 0.15) is 67.3 Å². The van der Waals surface area contributed by atoms with Crippen LogP contribution in [-0.2, 0) is 28.5 Å². The number of piperidine rings is 2. The van der Waals surface area contributed by atoms with Gasteiger partial charge in [-0.15, -0.1) is 0 Å². The number of Topliss-reactive ketones (excluding diaryl/α,β-unsaturated/α-hetero) is 1. The van der Waals surface area contributed by atoms with E-state index in [0.717, 1.165) is 36.3 Å². The third-order valence-electron chi connectivity index (χ3n) is 9.55. The SMILES string of the molecule is CC(=O)C(C(=O)N(C)Cc1cc(C(F)(F)F)cc(C(F)(F)F)c1)(C(N)c1c[nH]c2ccccc12)N1CCC(N2CCCCC2)CC1. The molecule has 2 aliphatic rings. The molecule has 250 valence electrons. The Hall–Kier alpha value is -3.42. The maximum atomic E-state index is 14.6. The molecular formula is C33H39F6N5O2. The first-order chi connectivity index (χ1) is 21.6. The number of carbonyl (C=O) groups excluding carboxylic acids is 2. The average Bonchev–Trinajstić information content (AvgIpc) is 3.45. The number of amides is 1. The summed E-state index contributed by atoms with van der Waals surface area (Å²) in [5, 5.41) is 0.701. The van der Waals surface area contributed by atoms with Crippen LogP contribution in [0, 0.1) is 0 Å². The lowest BCUT2D eigenvalue weighted by molar-refractivity contribution is -0.155. The molecule has 46 heavy (non-hydrogen) atoms. The second-order valence-electron chi connectivity index (χ2n) is 12.5. The molecule has 1 amide bonds. The third-order valence-corrected chi connectivity index (χ3v) is 9.55. The number of nitrogens with two attached hydrogens (primary N) is 1. The van der Waals surface area contributed by atoms with Crippen molar-refractivity contribution in [2.45, 2.75) is 75.5 Å². The highest BCUT2D eigenvalue weighted by Gasteiger charge is 2.56. The Morgan fingerprint density at radius 2 is 1.52 bits per heavy atom. The summed E-state index contributed by atoms with van der Waals surface area (Å²) in [5.41, 5.74) is 2.88. The van der Waals surface area contributed by atoms with Gasteiger partial charge in [-0.3, -0.25) is 14.5 Å². The van der Waals surface area contributed by atoms with E-state index >= 15 is 0 Å². The van der Waals surface area contributed by atoms with Crippen LogP contribution in [0.4, 0.5) is 26.3 Å². The van der Waals surface area contributed by atoms with Crippen molar-refractivity contribution in [3.05, 3.63) is 70.9 Å². The monoisotopic (exact) mass is 651 g/mol. The number of ketones is 1. The zero-order valence-corrected chi connectivity index (χ0v) is 25.8. The van der Waals surface area contributed by atoms with Crippen molar-refractivity contribution in [1.29, 1.82) is 0 Å². The Morgan fingerprint density at radius 1 is 0.935 bits per heavy atom. The summed E-state index contributed by atoms with van der Waals surface area (Å²) >= 11 is 0. The van der Waals surface area contributed by atoms with Crippen LogP contribution in [0.5, 0.6) is 0 Å². The highest BCUT2D eigenvalue weighted by molar-refractivity contribution is 6.11. The molecule has 2 atom stereocenters. The maximum absolute atomic E-state index is 14.6. The Balaban J connectivity index is 1.53. The molecule has 2 aromatic carbocycles. The van der Waals surface area contributed by atoms with Gasteiger partial charge < -0.3 is 20.5 Å². The fourth-order valence-corrected chi connectivity index (χ4v) is 7.25. The van der Waals surface area contributed by atoms with Gasteiger partial charge in [0.05, 0.1) is 17.2 Å². The van der Waals surface area contributed by atoms with Crippen molar-refractivity contribution in [2.24, 2.45) is 5.73 Å². The number of benzene rings is 2. The van der Waals surface area contributed by atoms with Gasteiger partial charge in [0.1, 0.15) is 0 Å². The van der Waals surface area contributed by atoms with E-state index in [2.05, 4.69) is 9.88 Å². The number of carbonyl (C=O) groups is 2. The Labute approximate surface area is 263 Å². The first-order valence-electron chi connectivity index (χ1n) is 15.5. The molecule has 0 saturated carbocycles. The summed E-state index contributed by atoms with van der Waals surface area (Å²) in [4.78, 5) is 36.9. The molecule has 13 heteroatoms. The van der Waals surface area contributed by atoms with Gasteiger partial charge in [0.25, 0.3) is 5.91 Å². The molecule has 0 radical (unpaired) electrons. The topological polar surface area (TPSA) is 85.7 Å². The van der Waals surface area contributed by atoms with Crippen LogP contribution in [0.2, 0.25) is 0 Å². The zero-order valence-electron chi connectivity index (χ0n) is 25.8. The first kappa shape index (κ1) is 33.9. The lowest BCUT2D eigenvalue weighted by Gasteiger charge is -2.50. The molecule has 2 aliphatic heterocycles. The van der Waals surface area contributed by atoms with E-state index < -0.39 is 53.3 Å². The standard InChI is InChI=1S/C33H39F6N5O2/c1-21(45)31(29(40)27-19-41-28-9-5-4-8-26(27)28,44-14-10-25(11-15-44)43-12-6-3-7-13-43)30(46)42(2)20-22-16-23(32(34,35)36)18-24(17-22)33(37,38)39/h4-5,8-9,16-19,25,29,41H,3,6-7,10-15,20,40H2,1-2H3. The minimum Gasteiger partial charge on any atom is -0.361 e. The van der Waals surface area contributed by atoms with Gasteiger partial charge in [-0.2, -0.15) is 26.3 Å². The average molecular weight is 652 g/mol. The highest BCUT2D eigenvalue weighted by atomic mass is 19.4. The molecule has 2 saturated heterocycles. The number of nitrogens with one attached hydrogen (secondary N) is 1. The van der Waals surface area contributed by atoms with Crippen molar-refractivity contribution in [2.75, 3.05) is 33.2 Å². The zero-order chi connectivity index (χ0) is 33.4. The number of fused-ring (bicyclic) bond motifs is 1. The van der Waals surface area contributed by atoms with Crippen LogP contribution in [0.25, 0.3) is 10.9 Å². The molecular weight excluding hydrogens is 612 g/mol. The van der Waals surface area contributed by atoms with Gasteiger partial charge in [-0.1, -0.05) is 24.6 Å². The van der Waals surface area contributed by atoms with Crippen LogP contribution < -0.4 is 5.73 Å². The molecule has 3 heterocycles. The van der Waals surface area contributed by atoms with Crippen molar-refractivity contribution < 1.29 is 35.9 Å². The van der Waals surface area contributed by atoms with Gasteiger partial charge >= 0.3 is 12.4 Å². The van der Waals surface area contributed by atoms with Gasteiger partial charge in [0, 0.05) is 49.8 Å². The normalized spacial score (nSPS) is 19.6. The summed E-state index contributed by atoms with van der Waals surface area (Å²) < 4.78 is 81.6. The van der Waals surface area contributed by atoms with Gasteiger partial charge in [0.15, 0.2) is 11.3 Å². The second kappa shape index (κ2) is 13.0. The van der Waals surface area contributed by atoms with Gasteiger partial charge in [-0.05, 0) is 81.1 Å². The molecule has 3 aromatic rings. The van der Waals surface area contributed by atoms with Crippen LogP contribution in [0.15, 0.2) is 48.7 Å². The fourth-order valence-electron chi connectivity index (χ4n) is 7.25. The summed E-state index contributed by atoms with van der Waals surface area (Å²) in [5.74, 6) is -1.35. The smallest absolute Gasteiger partial charge is 0.361 e. The maximum Gasteiger partial charge on any atom is 0.416 e.